The van der Waals surface area contributed by atoms with Gasteiger partial charge in [-0.15, -0.1) is 0 Å². The third kappa shape index (κ3) is 3.09. The molecular weight excluding hydrogens is 276 g/mol. The molecule has 0 atom stereocenters. The molecule has 0 amide bonds. The van der Waals surface area contributed by atoms with E-state index in [4.69, 9.17) is 15.6 Å². The summed E-state index contributed by atoms with van der Waals surface area (Å²) in [5.41, 5.74) is 7.17. The highest BCUT2D eigenvalue weighted by atomic mass is 32.2. The van der Waals surface area contributed by atoms with E-state index in [2.05, 4.69) is 0 Å². The van der Waals surface area contributed by atoms with Crippen LogP contribution in [0.4, 0.5) is 5.69 Å². The van der Waals surface area contributed by atoms with Crippen molar-refractivity contribution in [1.29, 1.82) is 0 Å². The molecule has 2 aromatic rings. The fraction of sp³-hybridized carbons (Fsp3) is 0.143. The lowest BCUT2D eigenvalue weighted by Gasteiger charge is -2.12. The highest BCUT2D eigenvalue weighted by Crippen LogP contribution is 2.31. The summed E-state index contributed by atoms with van der Waals surface area (Å²) in [7, 11) is -3.79. The summed E-state index contributed by atoms with van der Waals surface area (Å²) >= 11 is 0. The summed E-state index contributed by atoms with van der Waals surface area (Å²) < 4.78 is 28.4. The predicted octanol–water partition coefficient (Wildman–Crippen LogP) is 2.27. The number of para-hydroxylation sites is 1. The normalized spacial score (nSPS) is 11.3. The fourth-order valence-corrected chi connectivity index (χ4v) is 2.32. The topological polar surface area (TPSA) is 95.4 Å². The predicted molar refractivity (Wildman–Crippen MR) is 78.1 cm³/mol. The molecule has 0 aliphatic heterocycles. The van der Waals surface area contributed by atoms with Crippen LogP contribution < -0.4 is 15.6 Å². The lowest BCUT2D eigenvalue weighted by molar-refractivity contribution is 0.477. The van der Waals surface area contributed by atoms with Gasteiger partial charge in [0.05, 0.1) is 10.6 Å². The molecule has 6 heteroatoms. The van der Waals surface area contributed by atoms with Crippen LogP contribution in [0, 0.1) is 0 Å². The molecule has 0 fully saturated rings. The number of aryl methyl sites for hydroxylation is 1. The maximum atomic E-state index is 11.4. The first-order valence-electron chi connectivity index (χ1n) is 6.10. The first kappa shape index (κ1) is 14.4. The molecule has 0 radical (unpaired) electrons. The summed E-state index contributed by atoms with van der Waals surface area (Å²) in [6, 6.07) is 11.6. The van der Waals surface area contributed by atoms with Gasteiger partial charge in [0.15, 0.2) is 5.75 Å². The van der Waals surface area contributed by atoms with Crippen molar-refractivity contribution in [2.24, 2.45) is 5.14 Å². The maximum Gasteiger partial charge on any atom is 0.238 e. The Bertz CT molecular complexity index is 727. The van der Waals surface area contributed by atoms with Crippen molar-refractivity contribution in [3.05, 3.63) is 48.0 Å². The van der Waals surface area contributed by atoms with Gasteiger partial charge in [-0.05, 0) is 30.2 Å². The minimum Gasteiger partial charge on any atom is -0.455 e. The zero-order chi connectivity index (χ0) is 14.8. The second-order valence-corrected chi connectivity index (χ2v) is 5.87. The third-order valence-corrected chi connectivity index (χ3v) is 3.80. The van der Waals surface area contributed by atoms with Crippen molar-refractivity contribution >= 4 is 15.7 Å². The van der Waals surface area contributed by atoms with Crippen molar-refractivity contribution < 1.29 is 13.2 Å². The Kier molecular flexibility index (Phi) is 3.96. The lowest BCUT2D eigenvalue weighted by Crippen LogP contribution is -2.12. The molecule has 106 valence electrons. The highest BCUT2D eigenvalue weighted by molar-refractivity contribution is 7.89. The first-order valence-corrected chi connectivity index (χ1v) is 7.64. The van der Waals surface area contributed by atoms with Gasteiger partial charge in [-0.1, -0.05) is 25.1 Å². The van der Waals surface area contributed by atoms with Crippen LogP contribution in [0.15, 0.2) is 47.4 Å². The highest BCUT2D eigenvalue weighted by Gasteiger charge is 2.12. The number of anilines is 1. The van der Waals surface area contributed by atoms with E-state index in [1.807, 2.05) is 31.2 Å². The van der Waals surface area contributed by atoms with E-state index in [0.717, 1.165) is 12.0 Å². The van der Waals surface area contributed by atoms with Crippen LogP contribution in [0.1, 0.15) is 12.5 Å². The summed E-state index contributed by atoms with van der Waals surface area (Å²) in [6.45, 7) is 2.01. The van der Waals surface area contributed by atoms with Gasteiger partial charge in [0, 0.05) is 6.07 Å². The minimum atomic E-state index is -3.79. The van der Waals surface area contributed by atoms with Crippen LogP contribution >= 0.6 is 0 Å². The summed E-state index contributed by atoms with van der Waals surface area (Å²) in [6.07, 6.45) is 0.797. The van der Waals surface area contributed by atoms with Gasteiger partial charge in [0.1, 0.15) is 5.75 Å². The quantitative estimate of drug-likeness (QED) is 0.845. The summed E-state index contributed by atoms with van der Waals surface area (Å²) in [4.78, 5) is -0.0318. The molecule has 4 N–H and O–H groups in total. The monoisotopic (exact) mass is 292 g/mol. The van der Waals surface area contributed by atoms with Crippen LogP contribution in [0.5, 0.6) is 11.5 Å². The molecule has 2 aromatic carbocycles. The molecule has 0 saturated carbocycles. The Balaban J connectivity index is 2.43. The molecule has 2 rings (SSSR count). The van der Waals surface area contributed by atoms with Crippen molar-refractivity contribution in [2.45, 2.75) is 18.2 Å². The van der Waals surface area contributed by atoms with Crippen LogP contribution in [0.25, 0.3) is 0 Å². The third-order valence-electron chi connectivity index (χ3n) is 2.89. The van der Waals surface area contributed by atoms with E-state index in [1.54, 1.807) is 0 Å². The number of hydrogen-bond acceptors (Lipinski definition) is 4. The average molecular weight is 292 g/mol. The average Bonchev–Trinajstić information content (AvgIpc) is 2.40. The molecule has 0 heterocycles. The van der Waals surface area contributed by atoms with Gasteiger partial charge < -0.3 is 10.5 Å². The number of hydrogen-bond donors (Lipinski definition) is 2. The van der Waals surface area contributed by atoms with Gasteiger partial charge in [-0.2, -0.15) is 0 Å². The van der Waals surface area contributed by atoms with E-state index >= 15 is 0 Å². The molecule has 0 saturated heterocycles. The number of ether oxygens (including phenoxy) is 1. The van der Waals surface area contributed by atoms with Gasteiger partial charge >= 0.3 is 0 Å². The molecule has 0 aliphatic carbocycles. The number of nitrogen functional groups attached to an aromatic ring is 1. The van der Waals surface area contributed by atoms with E-state index < -0.39 is 10.0 Å². The molecule has 0 bridgehead atoms. The second kappa shape index (κ2) is 5.52. The lowest BCUT2D eigenvalue weighted by atomic mass is 10.1. The van der Waals surface area contributed by atoms with Gasteiger partial charge in [-0.25, -0.2) is 13.6 Å². The summed E-state index contributed by atoms with van der Waals surface area (Å²) in [5.74, 6) is 0.922. The molecular formula is C14H16N2O3S. The van der Waals surface area contributed by atoms with Gasteiger partial charge in [0.2, 0.25) is 10.0 Å². The van der Waals surface area contributed by atoms with E-state index in [9.17, 15) is 8.42 Å². The Hall–Kier alpha value is -2.05. The Morgan fingerprint density at radius 2 is 1.80 bits per heavy atom. The van der Waals surface area contributed by atoms with Crippen molar-refractivity contribution in [2.75, 3.05) is 5.73 Å². The first-order chi connectivity index (χ1) is 9.41. The van der Waals surface area contributed by atoms with Crippen molar-refractivity contribution in [3.8, 4) is 11.5 Å². The van der Waals surface area contributed by atoms with E-state index in [0.29, 0.717) is 11.4 Å². The largest absolute Gasteiger partial charge is 0.455 e. The van der Waals surface area contributed by atoms with Crippen LogP contribution in [-0.4, -0.2) is 8.42 Å². The number of benzene rings is 2. The molecule has 0 unspecified atom stereocenters. The number of rotatable bonds is 4. The SMILES string of the molecule is CCc1ccccc1Oc1cc(S(N)(=O)=O)ccc1N. The van der Waals surface area contributed by atoms with Crippen molar-refractivity contribution in [1.82, 2.24) is 0 Å². The number of nitrogens with two attached hydrogens (primary N) is 2. The van der Waals surface area contributed by atoms with E-state index in [1.165, 1.54) is 18.2 Å². The fourth-order valence-electron chi connectivity index (χ4n) is 1.79. The maximum absolute atomic E-state index is 11.4. The second-order valence-electron chi connectivity index (χ2n) is 4.31. The molecule has 0 spiro atoms. The number of primary sulfonamides is 1. The summed E-state index contributed by atoms with van der Waals surface area (Å²) in [5, 5.41) is 5.10. The smallest absolute Gasteiger partial charge is 0.238 e. The van der Waals surface area contributed by atoms with Crippen LogP contribution in [-0.2, 0) is 16.4 Å². The van der Waals surface area contributed by atoms with Gasteiger partial charge in [0.25, 0.3) is 0 Å². The molecule has 0 aliphatic rings. The van der Waals surface area contributed by atoms with Crippen LogP contribution in [0.3, 0.4) is 0 Å². The number of sulfonamides is 1. The molecule has 20 heavy (non-hydrogen) atoms. The Labute approximate surface area is 118 Å². The van der Waals surface area contributed by atoms with Crippen molar-refractivity contribution in [3.63, 3.8) is 0 Å². The molecule has 0 aromatic heterocycles. The Morgan fingerprint density at radius 3 is 2.45 bits per heavy atom. The van der Waals surface area contributed by atoms with E-state index in [-0.39, 0.29) is 10.6 Å². The zero-order valence-electron chi connectivity index (χ0n) is 11.0. The Morgan fingerprint density at radius 1 is 1.10 bits per heavy atom. The molecule has 5 nitrogen and oxygen atoms in total. The minimum absolute atomic E-state index is 0.0318. The zero-order valence-corrected chi connectivity index (χ0v) is 11.9. The van der Waals surface area contributed by atoms with Gasteiger partial charge in [-0.3, -0.25) is 0 Å². The standard InChI is InChI=1S/C14H16N2O3S/c1-2-10-5-3-4-6-13(10)19-14-9-11(20(16,17)18)7-8-12(14)15/h3-9H,2,15H2,1H3,(H2,16,17,18). The van der Waals surface area contributed by atoms with Crippen LogP contribution in [0.2, 0.25) is 0 Å².